The molecule has 4 heterocycles. The largest absolute Gasteiger partial charge is 0.417 e. The van der Waals surface area contributed by atoms with Crippen LogP contribution in [0.4, 0.5) is 19.0 Å². The second-order valence-electron chi connectivity index (χ2n) is 7.37. The Balaban J connectivity index is 1.28. The molecule has 0 N–H and O–H groups in total. The topological polar surface area (TPSA) is 59.0 Å². The number of ketones is 1. The number of alkyl halides is 3. The lowest BCUT2D eigenvalue weighted by Crippen LogP contribution is -2.48. The van der Waals surface area contributed by atoms with Crippen LogP contribution in [-0.4, -0.2) is 33.8 Å². The maximum atomic E-state index is 12.6. The molecule has 158 valence electrons. The first-order valence-corrected chi connectivity index (χ1v) is 11.1. The molecule has 0 aliphatic carbocycles. The molecule has 1 aliphatic heterocycles. The summed E-state index contributed by atoms with van der Waals surface area (Å²) < 4.78 is 37.9. The summed E-state index contributed by atoms with van der Waals surface area (Å²) in [5, 5.41) is 3.75. The molecule has 3 aromatic rings. The Labute approximate surface area is 179 Å². The van der Waals surface area contributed by atoms with E-state index < -0.39 is 11.7 Å². The predicted octanol–water partition coefficient (Wildman–Crippen LogP) is 4.94. The minimum atomic E-state index is -4.39. The van der Waals surface area contributed by atoms with Crippen molar-refractivity contribution in [2.75, 3.05) is 18.0 Å². The van der Waals surface area contributed by atoms with Crippen LogP contribution in [0.5, 0.6) is 0 Å². The molecule has 4 rings (SSSR count). The Bertz CT molecular complexity index is 1050. The Hall–Kier alpha value is -2.33. The fourth-order valence-corrected chi connectivity index (χ4v) is 5.22. The molecule has 30 heavy (non-hydrogen) atoms. The van der Waals surface area contributed by atoms with E-state index in [1.165, 1.54) is 17.4 Å². The molecule has 1 fully saturated rings. The Kier molecular flexibility index (Phi) is 5.63. The predicted molar refractivity (Wildman–Crippen MR) is 111 cm³/mol. The van der Waals surface area contributed by atoms with Crippen molar-refractivity contribution in [3.63, 3.8) is 0 Å². The fourth-order valence-electron chi connectivity index (χ4n) is 3.45. The Morgan fingerprint density at radius 2 is 2.00 bits per heavy atom. The van der Waals surface area contributed by atoms with Gasteiger partial charge in [0, 0.05) is 37.0 Å². The van der Waals surface area contributed by atoms with Crippen molar-refractivity contribution >= 4 is 34.3 Å². The van der Waals surface area contributed by atoms with Crippen LogP contribution >= 0.6 is 22.7 Å². The van der Waals surface area contributed by atoms with Gasteiger partial charge in [-0.15, -0.1) is 22.7 Å². The molecule has 10 heteroatoms. The maximum absolute atomic E-state index is 12.6. The first-order chi connectivity index (χ1) is 14.2. The van der Waals surface area contributed by atoms with Gasteiger partial charge in [-0.05, 0) is 26.0 Å². The van der Waals surface area contributed by atoms with Crippen molar-refractivity contribution in [2.24, 2.45) is 5.92 Å². The number of hydrogen-bond acceptors (Lipinski definition) is 7. The van der Waals surface area contributed by atoms with Crippen LogP contribution in [0.1, 0.15) is 27.7 Å². The lowest BCUT2D eigenvalue weighted by molar-refractivity contribution is -0.137. The Morgan fingerprint density at radius 3 is 2.60 bits per heavy atom. The monoisotopic (exact) mass is 452 g/mol. The average molecular weight is 453 g/mol. The van der Waals surface area contributed by atoms with Crippen LogP contribution in [0, 0.1) is 19.8 Å². The van der Waals surface area contributed by atoms with Crippen molar-refractivity contribution in [2.45, 2.75) is 32.9 Å². The molecule has 0 aromatic carbocycles. The Morgan fingerprint density at radius 1 is 1.23 bits per heavy atom. The number of nitrogens with zero attached hydrogens (tertiary/aromatic N) is 4. The van der Waals surface area contributed by atoms with E-state index in [0.29, 0.717) is 31.7 Å². The van der Waals surface area contributed by atoms with Gasteiger partial charge in [-0.25, -0.2) is 15.0 Å². The molecule has 1 aliphatic rings. The van der Waals surface area contributed by atoms with Crippen LogP contribution in [0.25, 0.3) is 10.6 Å². The minimum absolute atomic E-state index is 0.123. The van der Waals surface area contributed by atoms with E-state index in [2.05, 4.69) is 15.0 Å². The highest BCUT2D eigenvalue weighted by Crippen LogP contribution is 2.32. The van der Waals surface area contributed by atoms with Gasteiger partial charge < -0.3 is 4.90 Å². The number of aryl methyl sites for hydroxylation is 2. The van der Waals surface area contributed by atoms with Crippen molar-refractivity contribution in [1.82, 2.24) is 15.0 Å². The van der Waals surface area contributed by atoms with Crippen LogP contribution in [0.2, 0.25) is 0 Å². The molecule has 0 amide bonds. The van der Waals surface area contributed by atoms with Gasteiger partial charge in [-0.1, -0.05) is 0 Å². The van der Waals surface area contributed by atoms with E-state index in [1.807, 2.05) is 24.1 Å². The summed E-state index contributed by atoms with van der Waals surface area (Å²) in [6, 6.07) is 2.41. The molecular formula is C20H19F3N4OS2. The second kappa shape index (κ2) is 8.07. The second-order valence-corrected chi connectivity index (χ2v) is 9.51. The summed E-state index contributed by atoms with van der Waals surface area (Å²) in [6.07, 6.45) is -2.80. The lowest BCUT2D eigenvalue weighted by atomic mass is 9.93. The van der Waals surface area contributed by atoms with Gasteiger partial charge >= 0.3 is 6.18 Å². The molecule has 0 atom stereocenters. The summed E-state index contributed by atoms with van der Waals surface area (Å²) in [4.78, 5) is 28.3. The van der Waals surface area contributed by atoms with Gasteiger partial charge in [-0.2, -0.15) is 13.2 Å². The quantitative estimate of drug-likeness (QED) is 0.531. The number of pyridine rings is 1. The summed E-state index contributed by atoms with van der Waals surface area (Å²) in [5.74, 6) is 0.817. The fraction of sp³-hybridized carbons (Fsp3) is 0.400. The zero-order valence-electron chi connectivity index (χ0n) is 16.4. The molecule has 0 saturated carbocycles. The van der Waals surface area contributed by atoms with Crippen molar-refractivity contribution in [3.05, 3.63) is 45.0 Å². The minimum Gasteiger partial charge on any atom is -0.356 e. The standard InChI is InChI=1S/C20H19F3N4OS2/c1-11-19(30-12(2)25-11)16-10-29-18(26-16)6-15(28)5-13-8-27(9-13)17-4-3-14(7-24-17)20(21,22)23/h3-4,7,10,13H,5-6,8-9H2,1-2H3. The normalized spacial score (nSPS) is 14.8. The number of halogens is 3. The molecule has 0 bridgehead atoms. The third kappa shape index (κ3) is 4.54. The van der Waals surface area contributed by atoms with E-state index in [1.54, 1.807) is 11.3 Å². The van der Waals surface area contributed by atoms with Crippen LogP contribution in [-0.2, 0) is 17.4 Å². The van der Waals surface area contributed by atoms with E-state index in [0.717, 1.165) is 38.5 Å². The van der Waals surface area contributed by atoms with E-state index in [9.17, 15) is 18.0 Å². The molecule has 0 unspecified atom stereocenters. The highest BCUT2D eigenvalue weighted by Gasteiger charge is 2.33. The molecule has 0 spiro atoms. The SMILES string of the molecule is Cc1nc(C)c(-c2csc(CC(=O)CC3CN(c4ccc(C(F)(F)F)cn4)C3)n2)s1. The zero-order chi connectivity index (χ0) is 21.5. The summed E-state index contributed by atoms with van der Waals surface area (Å²) in [5.41, 5.74) is 1.06. The zero-order valence-corrected chi connectivity index (χ0v) is 18.0. The van der Waals surface area contributed by atoms with Gasteiger partial charge in [0.05, 0.1) is 33.3 Å². The van der Waals surface area contributed by atoms with Crippen molar-refractivity contribution in [3.8, 4) is 10.6 Å². The molecule has 5 nitrogen and oxygen atoms in total. The number of aromatic nitrogens is 3. The van der Waals surface area contributed by atoms with E-state index in [4.69, 9.17) is 0 Å². The summed E-state index contributed by atoms with van der Waals surface area (Å²) in [7, 11) is 0. The molecule has 0 radical (unpaired) electrons. The smallest absolute Gasteiger partial charge is 0.356 e. The molecule has 3 aromatic heterocycles. The first kappa shape index (κ1) is 20.9. The van der Waals surface area contributed by atoms with Crippen molar-refractivity contribution < 1.29 is 18.0 Å². The van der Waals surface area contributed by atoms with Gasteiger partial charge in [0.1, 0.15) is 16.6 Å². The number of thiazole rings is 2. The van der Waals surface area contributed by atoms with E-state index in [-0.39, 0.29) is 11.7 Å². The van der Waals surface area contributed by atoms with Crippen LogP contribution in [0.15, 0.2) is 23.7 Å². The number of hydrogen-bond donors (Lipinski definition) is 0. The van der Waals surface area contributed by atoms with Gasteiger partial charge in [0.25, 0.3) is 0 Å². The van der Waals surface area contributed by atoms with Crippen LogP contribution in [0.3, 0.4) is 0 Å². The van der Waals surface area contributed by atoms with Gasteiger partial charge in [-0.3, -0.25) is 4.79 Å². The summed E-state index contributed by atoms with van der Waals surface area (Å²) >= 11 is 3.08. The van der Waals surface area contributed by atoms with Gasteiger partial charge in [0.15, 0.2) is 0 Å². The first-order valence-electron chi connectivity index (χ1n) is 9.37. The highest BCUT2D eigenvalue weighted by atomic mass is 32.1. The third-order valence-electron chi connectivity index (χ3n) is 4.91. The maximum Gasteiger partial charge on any atom is 0.417 e. The van der Waals surface area contributed by atoms with Crippen LogP contribution < -0.4 is 4.90 Å². The number of carbonyl (C=O) groups is 1. The van der Waals surface area contributed by atoms with E-state index >= 15 is 0 Å². The lowest BCUT2D eigenvalue weighted by Gasteiger charge is -2.40. The number of carbonyl (C=O) groups excluding carboxylic acids is 1. The average Bonchev–Trinajstić information content (AvgIpc) is 3.22. The summed E-state index contributed by atoms with van der Waals surface area (Å²) in [6.45, 7) is 5.15. The molecular weight excluding hydrogens is 433 g/mol. The number of rotatable bonds is 6. The van der Waals surface area contributed by atoms with Crippen molar-refractivity contribution in [1.29, 1.82) is 0 Å². The number of anilines is 1. The third-order valence-corrected chi connectivity index (χ3v) is 6.85. The molecule has 1 saturated heterocycles. The number of Topliss-reactive ketones (excluding diaryl/α,β-unsaturated/α-hetero) is 1. The van der Waals surface area contributed by atoms with Gasteiger partial charge in [0.2, 0.25) is 0 Å². The highest BCUT2D eigenvalue weighted by molar-refractivity contribution is 7.16.